The van der Waals surface area contributed by atoms with E-state index < -0.39 is 0 Å². The fourth-order valence-electron chi connectivity index (χ4n) is 2.01. The van der Waals surface area contributed by atoms with Crippen LogP contribution < -0.4 is 5.73 Å². The molecule has 20 heavy (non-hydrogen) atoms. The van der Waals surface area contributed by atoms with Crippen molar-refractivity contribution in [3.63, 3.8) is 0 Å². The molecule has 3 aromatic rings. The Morgan fingerprint density at radius 2 is 1.75 bits per heavy atom. The smallest absolute Gasteiger partial charge is 0.148 e. The van der Waals surface area contributed by atoms with Gasteiger partial charge in [-0.3, -0.25) is 0 Å². The van der Waals surface area contributed by atoms with Gasteiger partial charge in [-0.2, -0.15) is 5.10 Å². The molecule has 0 unspecified atom stereocenters. The summed E-state index contributed by atoms with van der Waals surface area (Å²) >= 11 is 6.14. The van der Waals surface area contributed by atoms with Gasteiger partial charge in [0, 0.05) is 5.56 Å². The van der Waals surface area contributed by atoms with E-state index in [0.29, 0.717) is 22.1 Å². The molecule has 0 bridgehead atoms. The number of rotatable bonds is 2. The number of nitrogens with zero attached hydrogens (tertiary/aromatic N) is 2. The number of aromatic nitrogens is 2. The first kappa shape index (κ1) is 12.7. The van der Waals surface area contributed by atoms with Crippen molar-refractivity contribution < 1.29 is 4.39 Å². The number of nitrogens with two attached hydrogens (primary N) is 1. The highest BCUT2D eigenvalue weighted by Gasteiger charge is 2.13. The van der Waals surface area contributed by atoms with Gasteiger partial charge < -0.3 is 5.73 Å². The minimum atomic E-state index is -0.360. The molecule has 5 heteroatoms. The van der Waals surface area contributed by atoms with Crippen LogP contribution in [0.4, 0.5) is 10.1 Å². The van der Waals surface area contributed by atoms with Crippen LogP contribution in [-0.4, -0.2) is 9.78 Å². The molecular weight excluding hydrogens is 277 g/mol. The van der Waals surface area contributed by atoms with Crippen LogP contribution in [0.3, 0.4) is 0 Å². The zero-order valence-corrected chi connectivity index (χ0v) is 11.2. The second-order valence-corrected chi connectivity index (χ2v) is 4.72. The molecular formula is C15H11ClFN3. The topological polar surface area (TPSA) is 43.8 Å². The Hall–Kier alpha value is -2.33. The van der Waals surface area contributed by atoms with Gasteiger partial charge in [0.2, 0.25) is 0 Å². The maximum Gasteiger partial charge on any atom is 0.148 e. The van der Waals surface area contributed by atoms with Crippen LogP contribution in [0.1, 0.15) is 0 Å². The highest BCUT2D eigenvalue weighted by Crippen LogP contribution is 2.31. The Balaban J connectivity index is 2.13. The van der Waals surface area contributed by atoms with Crippen molar-refractivity contribution in [2.75, 3.05) is 5.73 Å². The van der Waals surface area contributed by atoms with Gasteiger partial charge in [-0.05, 0) is 18.2 Å². The lowest BCUT2D eigenvalue weighted by Gasteiger charge is -2.03. The number of nitrogen functional groups attached to an aromatic ring is 1. The molecule has 0 saturated carbocycles. The van der Waals surface area contributed by atoms with Crippen molar-refractivity contribution >= 4 is 17.3 Å². The molecule has 0 aliphatic heterocycles. The summed E-state index contributed by atoms with van der Waals surface area (Å²) in [6.07, 6.45) is 1.58. The summed E-state index contributed by atoms with van der Waals surface area (Å²) in [7, 11) is 0. The van der Waals surface area contributed by atoms with Crippen LogP contribution in [0.5, 0.6) is 0 Å². The minimum Gasteiger partial charge on any atom is -0.396 e. The molecule has 1 heterocycles. The summed E-state index contributed by atoms with van der Waals surface area (Å²) in [5.74, 6) is -0.360. The largest absolute Gasteiger partial charge is 0.396 e. The van der Waals surface area contributed by atoms with Gasteiger partial charge >= 0.3 is 0 Å². The molecule has 0 amide bonds. The van der Waals surface area contributed by atoms with Crippen molar-refractivity contribution in [2.24, 2.45) is 0 Å². The van der Waals surface area contributed by atoms with Crippen LogP contribution in [0.15, 0.2) is 54.7 Å². The van der Waals surface area contributed by atoms with E-state index in [2.05, 4.69) is 5.10 Å². The van der Waals surface area contributed by atoms with E-state index in [0.717, 1.165) is 5.56 Å². The molecule has 3 rings (SSSR count). The first-order valence-corrected chi connectivity index (χ1v) is 6.39. The molecule has 0 radical (unpaired) electrons. The lowest BCUT2D eigenvalue weighted by atomic mass is 10.1. The van der Waals surface area contributed by atoms with Gasteiger partial charge in [0.15, 0.2) is 0 Å². The van der Waals surface area contributed by atoms with E-state index >= 15 is 0 Å². The second kappa shape index (κ2) is 4.98. The Kier molecular flexibility index (Phi) is 3.16. The predicted octanol–water partition coefficient (Wildman–Crippen LogP) is 3.91. The van der Waals surface area contributed by atoms with E-state index in [9.17, 15) is 4.39 Å². The summed E-state index contributed by atoms with van der Waals surface area (Å²) in [5.41, 5.74) is 8.02. The number of halogens is 2. The molecule has 0 aliphatic carbocycles. The average Bonchev–Trinajstić information content (AvgIpc) is 2.81. The third-order valence-electron chi connectivity index (χ3n) is 2.97. The van der Waals surface area contributed by atoms with E-state index in [4.69, 9.17) is 17.3 Å². The fraction of sp³-hybridized carbons (Fsp3) is 0. The highest BCUT2D eigenvalue weighted by molar-refractivity contribution is 6.33. The molecule has 3 nitrogen and oxygen atoms in total. The summed E-state index contributed by atoms with van der Waals surface area (Å²) in [4.78, 5) is 0. The van der Waals surface area contributed by atoms with Gasteiger partial charge in [0.1, 0.15) is 17.2 Å². The third kappa shape index (κ3) is 2.14. The van der Waals surface area contributed by atoms with E-state index in [1.165, 1.54) is 10.7 Å². The van der Waals surface area contributed by atoms with Crippen LogP contribution >= 0.6 is 11.6 Å². The summed E-state index contributed by atoms with van der Waals surface area (Å²) < 4.78 is 15.2. The molecule has 0 atom stereocenters. The van der Waals surface area contributed by atoms with E-state index in [1.54, 1.807) is 30.5 Å². The molecule has 2 aromatic carbocycles. The number of anilines is 1. The van der Waals surface area contributed by atoms with Gasteiger partial charge in [0.25, 0.3) is 0 Å². The van der Waals surface area contributed by atoms with Crippen LogP contribution in [-0.2, 0) is 0 Å². The average molecular weight is 288 g/mol. The lowest BCUT2D eigenvalue weighted by Crippen LogP contribution is -1.98. The van der Waals surface area contributed by atoms with Crippen molar-refractivity contribution in [1.29, 1.82) is 0 Å². The van der Waals surface area contributed by atoms with Crippen molar-refractivity contribution in [3.8, 4) is 16.9 Å². The first-order valence-electron chi connectivity index (χ1n) is 6.02. The molecule has 0 fully saturated rings. The molecule has 0 aliphatic rings. The number of para-hydroxylation sites is 1. The Bertz CT molecular complexity index is 767. The second-order valence-electron chi connectivity index (χ2n) is 4.31. The maximum atomic E-state index is 13.8. The van der Waals surface area contributed by atoms with E-state index in [1.807, 2.05) is 18.2 Å². The molecule has 1 aromatic heterocycles. The van der Waals surface area contributed by atoms with Gasteiger partial charge in [0.05, 0.1) is 16.9 Å². The van der Waals surface area contributed by atoms with Crippen LogP contribution in [0, 0.1) is 5.82 Å². The SMILES string of the molecule is Nc1cn(-c2ccccc2F)nc1-c1ccccc1Cl. The maximum absolute atomic E-state index is 13.8. The number of benzene rings is 2. The number of hydrogen-bond acceptors (Lipinski definition) is 2. The Labute approximate surface area is 120 Å². The van der Waals surface area contributed by atoms with Gasteiger partial charge in [-0.25, -0.2) is 9.07 Å². The standard InChI is InChI=1S/C15H11ClFN3/c16-11-6-2-1-5-10(11)15-13(18)9-20(19-15)14-8-4-3-7-12(14)17/h1-9H,18H2. The molecule has 0 saturated heterocycles. The zero-order chi connectivity index (χ0) is 14.1. The van der Waals surface area contributed by atoms with Gasteiger partial charge in [-0.15, -0.1) is 0 Å². The Morgan fingerprint density at radius 3 is 2.50 bits per heavy atom. The van der Waals surface area contributed by atoms with Crippen molar-refractivity contribution in [1.82, 2.24) is 9.78 Å². The lowest BCUT2D eigenvalue weighted by molar-refractivity contribution is 0.611. The quantitative estimate of drug-likeness (QED) is 0.776. The summed E-state index contributed by atoms with van der Waals surface area (Å²) in [6.45, 7) is 0. The third-order valence-corrected chi connectivity index (χ3v) is 3.30. The molecule has 2 N–H and O–H groups in total. The molecule has 100 valence electrons. The normalized spacial score (nSPS) is 10.7. The predicted molar refractivity (Wildman–Crippen MR) is 78.4 cm³/mol. The Morgan fingerprint density at radius 1 is 1.05 bits per heavy atom. The monoisotopic (exact) mass is 287 g/mol. The number of hydrogen-bond donors (Lipinski definition) is 1. The van der Waals surface area contributed by atoms with Crippen LogP contribution in [0.2, 0.25) is 5.02 Å². The summed E-state index contributed by atoms with van der Waals surface area (Å²) in [6, 6.07) is 13.6. The van der Waals surface area contributed by atoms with Crippen molar-refractivity contribution in [3.05, 3.63) is 65.6 Å². The minimum absolute atomic E-state index is 0.345. The van der Waals surface area contributed by atoms with Gasteiger partial charge in [-0.1, -0.05) is 41.9 Å². The molecule has 0 spiro atoms. The van der Waals surface area contributed by atoms with E-state index in [-0.39, 0.29) is 5.82 Å². The summed E-state index contributed by atoms with van der Waals surface area (Å²) in [5, 5.41) is 4.89. The van der Waals surface area contributed by atoms with Crippen LogP contribution in [0.25, 0.3) is 16.9 Å². The zero-order valence-electron chi connectivity index (χ0n) is 10.4. The highest BCUT2D eigenvalue weighted by atomic mass is 35.5. The van der Waals surface area contributed by atoms with Crippen molar-refractivity contribution in [2.45, 2.75) is 0 Å². The first-order chi connectivity index (χ1) is 9.66. The fourth-order valence-corrected chi connectivity index (χ4v) is 2.24.